The van der Waals surface area contributed by atoms with Gasteiger partial charge in [-0.25, -0.2) is 9.78 Å². The third kappa shape index (κ3) is 16.1. The van der Waals surface area contributed by atoms with Crippen molar-refractivity contribution in [3.05, 3.63) is 145 Å². The van der Waals surface area contributed by atoms with E-state index in [1.165, 1.54) is 71.4 Å². The Labute approximate surface area is 563 Å². The molecule has 2 amide bonds. The van der Waals surface area contributed by atoms with E-state index in [0.29, 0.717) is 36.8 Å². The van der Waals surface area contributed by atoms with Gasteiger partial charge in [-0.05, 0) is 56.0 Å². The quantitative estimate of drug-likeness (QED) is 0.0186. The Bertz CT molecular complexity index is 4310. The van der Waals surface area contributed by atoms with Gasteiger partial charge >= 0.3 is 23.7 Å². The van der Waals surface area contributed by atoms with E-state index in [1.807, 2.05) is 0 Å². The van der Waals surface area contributed by atoms with Gasteiger partial charge in [-0.3, -0.25) is 42.8 Å². The number of fused-ring (bicyclic) bond motifs is 14. The Morgan fingerprint density at radius 2 is 1.56 bits per heavy atom. The molecule has 0 aliphatic carbocycles. The number of phenols is 1. The highest BCUT2D eigenvalue weighted by molar-refractivity contribution is 7.44. The highest BCUT2D eigenvalue weighted by Gasteiger charge is 2.45. The van der Waals surface area contributed by atoms with Crippen LogP contribution in [0.25, 0.3) is 38.7 Å². The number of esters is 3. The molecule has 9 atom stereocenters. The van der Waals surface area contributed by atoms with Crippen LogP contribution >= 0.6 is 16.9 Å². The number of carbonyl (C=O) groups is 5. The summed E-state index contributed by atoms with van der Waals surface area (Å²) >= 11 is 0. The van der Waals surface area contributed by atoms with E-state index in [4.69, 9.17) is 37.8 Å². The summed E-state index contributed by atoms with van der Waals surface area (Å²) in [7, 11) is 0.897. The van der Waals surface area contributed by atoms with E-state index in [1.54, 1.807) is 82.3 Å². The molecule has 5 bridgehead atoms. The molecule has 514 valence electrons. The van der Waals surface area contributed by atoms with Crippen LogP contribution in [-0.4, -0.2) is 130 Å². The van der Waals surface area contributed by atoms with Gasteiger partial charge in [0.25, 0.3) is 5.91 Å². The number of aliphatic hydroxyl groups is 2. The predicted molar refractivity (Wildman–Crippen MR) is 365 cm³/mol. The van der Waals surface area contributed by atoms with Gasteiger partial charge < -0.3 is 63.7 Å². The second kappa shape index (κ2) is 31.1. The average molecular weight is 1370 g/mol. The first kappa shape index (κ1) is 72.4. The first-order chi connectivity index (χ1) is 46.2. The molecule has 5 N–H and O–H groups in total. The number of rotatable bonds is 17. The molecule has 1 saturated heterocycles. The number of phenolic OH excluding ortho intramolecular Hbond substituents is 1. The van der Waals surface area contributed by atoms with Gasteiger partial charge in [-0.1, -0.05) is 90.1 Å². The minimum absolute atomic E-state index is 0.00681. The van der Waals surface area contributed by atoms with Crippen molar-refractivity contribution in [3.8, 4) is 11.5 Å². The van der Waals surface area contributed by atoms with Crippen LogP contribution in [0.5, 0.6) is 11.5 Å². The van der Waals surface area contributed by atoms with Gasteiger partial charge in [0.1, 0.15) is 46.9 Å². The normalized spacial score (nSPS) is 24.3. The lowest BCUT2D eigenvalue weighted by Crippen LogP contribution is -2.47. The summed E-state index contributed by atoms with van der Waals surface area (Å²) in [4.78, 5) is 107. The zero-order chi connectivity index (χ0) is 70.3. The maximum absolute atomic E-state index is 15.2. The molecule has 4 aliphatic rings. The summed E-state index contributed by atoms with van der Waals surface area (Å²) in [5.74, 6) is -9.81. The van der Waals surface area contributed by atoms with Crippen LogP contribution in [0.15, 0.2) is 111 Å². The maximum Gasteiger partial charge on any atom is 0.338 e. The summed E-state index contributed by atoms with van der Waals surface area (Å²) in [6.45, 7) is 19.8. The van der Waals surface area contributed by atoms with Gasteiger partial charge in [0.05, 0.1) is 41.1 Å². The molecule has 0 saturated carbocycles. The van der Waals surface area contributed by atoms with E-state index in [2.05, 4.69) is 34.3 Å². The van der Waals surface area contributed by atoms with Gasteiger partial charge in [-0.2, -0.15) is 0 Å². The van der Waals surface area contributed by atoms with Gasteiger partial charge in [0, 0.05) is 129 Å². The molecule has 6 aromatic rings. The lowest BCUT2D eigenvalue weighted by molar-refractivity contribution is -0.160. The molecule has 1 fully saturated rings. The summed E-state index contributed by atoms with van der Waals surface area (Å²) in [6.07, 6.45) is 2.45. The number of nitrogens with zero attached hydrogens (tertiary/aromatic N) is 3. The van der Waals surface area contributed by atoms with Crippen molar-refractivity contribution >= 4 is 102 Å². The first-order valence-corrected chi connectivity index (χ1v) is 33.8. The molecule has 1 aromatic heterocycles. The average Bonchev–Trinajstić information content (AvgIpc) is 1.67. The minimum Gasteiger partial charge on any atom is -0.507 e. The number of piperazine rings is 1. The number of carbonyl (C=O) groups excluding carboxylic acids is 5. The minimum atomic E-state index is -2.08. The molecule has 10 rings (SSSR count). The fraction of sp³-hybridized carbons (Fsp3) is 0.437. The summed E-state index contributed by atoms with van der Waals surface area (Å²) in [5, 5.41) is 41.2. The van der Waals surface area contributed by atoms with Crippen molar-refractivity contribution in [2.24, 2.45) is 29.6 Å². The number of benzene rings is 5. The Balaban J connectivity index is 1.06. The first-order valence-electron chi connectivity index (χ1n) is 32.1. The third-order valence-electron chi connectivity index (χ3n) is 18.1. The zero-order valence-electron chi connectivity index (χ0n) is 55.9. The molecule has 0 spiro atoms. The lowest BCUT2D eigenvalue weighted by Gasteiger charge is -2.39. The van der Waals surface area contributed by atoms with Crippen molar-refractivity contribution in [1.29, 1.82) is 0 Å². The Morgan fingerprint density at radius 1 is 0.866 bits per heavy atom. The van der Waals surface area contributed by atoms with Crippen LogP contribution in [0.1, 0.15) is 102 Å². The monoisotopic (exact) mass is 1370 g/mol. The Kier molecular flexibility index (Phi) is 23.2. The standard InChI is InChI=1S/C71H81N5O19P2/c1-36(2)34-75-26-28-76(29-27-75)47-32-49(78)58-51(33-47)93-67-59(73-58)55-56-62(82)42(8)66-57(55)68(84)71(10,95-66)91-30-25-50(89-11)39(5)65(92-43(9)77)41(7)61(81)40(6)64(37(3)15-14-16-38(4)69(85)74-60(67)63(56)83)94-70(86)48-18-13-12-17-45(48)35-90-53(80)24-23-52(79)72-46-21-19-44(20-22-46)31-54(96-87)97-88/h12-22,25,30,32-33,36-37,39-41,50,54,61,64-65,81-82,84H,23-24,26-29,31,34-35H2,1-11H3,(H,72,79)(H,74,85)/b15-14+,30-25+,38-16-/t37-,39+,40-,41+,50-,61+,64-,65+,71-/m0/s1. The highest BCUT2D eigenvalue weighted by atomic mass is 31.1. The number of aromatic nitrogens is 1. The Morgan fingerprint density at radius 3 is 2.23 bits per heavy atom. The van der Waals surface area contributed by atoms with Gasteiger partial charge in [0.2, 0.25) is 16.8 Å². The molecular weight excluding hydrogens is 1290 g/mol. The van der Waals surface area contributed by atoms with Crippen molar-refractivity contribution in [3.63, 3.8) is 0 Å². The molecule has 5 heterocycles. The summed E-state index contributed by atoms with van der Waals surface area (Å²) < 4.78 is 65.5. The number of anilines is 3. The van der Waals surface area contributed by atoms with Crippen molar-refractivity contribution < 1.29 is 81.3 Å². The summed E-state index contributed by atoms with van der Waals surface area (Å²) in [5.41, 5.74) is -0.495. The number of hydrogen-bond donors (Lipinski definition) is 5. The third-order valence-corrected chi connectivity index (χ3v) is 19.5. The van der Waals surface area contributed by atoms with E-state index in [9.17, 15) is 53.2 Å². The fourth-order valence-electron chi connectivity index (χ4n) is 12.7. The van der Waals surface area contributed by atoms with E-state index < -0.39 is 122 Å². The highest BCUT2D eigenvalue weighted by Crippen LogP contribution is 2.43. The molecule has 0 radical (unpaired) electrons. The number of aliphatic hydroxyl groups excluding tert-OH is 2. The van der Waals surface area contributed by atoms with Crippen LogP contribution in [0.3, 0.4) is 0 Å². The van der Waals surface area contributed by atoms with Crippen LogP contribution < -0.4 is 36.3 Å². The number of ether oxygens (including phenoxy) is 6. The second-order valence-corrected chi connectivity index (χ2v) is 27.6. The molecule has 0 unspecified atom stereocenters. The van der Waals surface area contributed by atoms with Crippen molar-refractivity contribution in [2.45, 2.75) is 131 Å². The number of nitrogens with one attached hydrogen (secondary N) is 2. The zero-order valence-corrected chi connectivity index (χ0v) is 57.7. The molecule has 97 heavy (non-hydrogen) atoms. The lowest BCUT2D eigenvalue weighted by atomic mass is 9.78. The van der Waals surface area contributed by atoms with Crippen molar-refractivity contribution in [2.75, 3.05) is 55.4 Å². The smallest absolute Gasteiger partial charge is 0.338 e. The van der Waals surface area contributed by atoms with Crippen LogP contribution in [0, 0.1) is 36.5 Å². The van der Waals surface area contributed by atoms with Crippen LogP contribution in [-0.2, 0) is 65.0 Å². The van der Waals surface area contributed by atoms with E-state index in [0.717, 1.165) is 25.2 Å². The van der Waals surface area contributed by atoms with Crippen molar-refractivity contribution in [1.82, 2.24) is 9.88 Å². The topological polar surface area (TPSA) is 326 Å². The summed E-state index contributed by atoms with van der Waals surface area (Å²) in [6, 6.07) is 16.0. The van der Waals surface area contributed by atoms with Crippen LogP contribution in [0.4, 0.5) is 17.1 Å². The predicted octanol–water partition coefficient (Wildman–Crippen LogP) is 10.1. The number of methoxy groups -OCH3 is 1. The number of allylic oxidation sites excluding steroid dienone is 2. The van der Waals surface area contributed by atoms with Gasteiger partial charge in [0.15, 0.2) is 39.4 Å². The molecular formula is C71H81N5O19P2. The number of hydrogen-bond acceptors (Lipinski definition) is 22. The maximum atomic E-state index is 15.2. The Hall–Kier alpha value is -8.92. The fourth-order valence-corrected chi connectivity index (χ4v) is 13.4. The van der Waals surface area contributed by atoms with Crippen LogP contribution in [0.2, 0.25) is 0 Å². The van der Waals surface area contributed by atoms with E-state index in [-0.39, 0.29) is 97.2 Å². The largest absolute Gasteiger partial charge is 0.507 e. The molecule has 5 aromatic carbocycles. The molecule has 26 heteroatoms. The van der Waals surface area contributed by atoms with Gasteiger partial charge in [-0.15, -0.1) is 0 Å². The second-order valence-electron chi connectivity index (χ2n) is 25.6. The molecule has 4 aliphatic heterocycles. The number of aromatic hydroxyl groups is 1. The molecule has 24 nitrogen and oxygen atoms in total. The van der Waals surface area contributed by atoms with E-state index >= 15 is 4.79 Å². The SMILES string of the molecule is CO[C@H]1/C=C/O[C@@]2(C)Oc3c(C)c(O)c4c(=O)c(c5oc6cc(N7CCN(CC(C)C)CC7)cc(=O)c6nc5c4c3=C2O)NC(=O)/C(C)=C\C=C\[C@H](C)[C@H](OC(=O)c2ccccc2COC(=O)CCC(=O)Nc2ccc(CC(P=O)P=O)cc2)[C@@H](C)[C@@H](O)[C@@H](C)[C@H](OC(C)=O)[C@@H]1C. The number of amides is 2.